The maximum atomic E-state index is 12.1. The zero-order chi connectivity index (χ0) is 11.3. The molecule has 1 unspecified atom stereocenters. The number of rotatable bonds is 5. The molecule has 0 aromatic heterocycles. The van der Waals surface area contributed by atoms with E-state index in [1.165, 1.54) is 0 Å². The smallest absolute Gasteiger partial charge is 0.179 e. The minimum absolute atomic E-state index is 0. The highest BCUT2D eigenvalue weighted by molar-refractivity contribution is 6.00. The molecule has 1 aromatic rings. The van der Waals surface area contributed by atoms with Gasteiger partial charge in [0.25, 0.3) is 0 Å². The fourth-order valence-electron chi connectivity index (χ4n) is 1.69. The molecular weight excluding hydrogens is 222 g/mol. The molecule has 2 nitrogen and oxygen atoms in total. The third-order valence-corrected chi connectivity index (χ3v) is 2.55. The number of hydrogen-bond acceptors (Lipinski definition) is 2. The Hall–Kier alpha value is -0.860. The lowest BCUT2D eigenvalue weighted by Gasteiger charge is -2.22. The van der Waals surface area contributed by atoms with Crippen LogP contribution in [0.5, 0.6) is 0 Å². The summed E-state index contributed by atoms with van der Waals surface area (Å²) in [4.78, 5) is 14.1. The van der Waals surface area contributed by atoms with Gasteiger partial charge in [0.2, 0.25) is 0 Å². The zero-order valence-corrected chi connectivity index (χ0v) is 11.0. The first kappa shape index (κ1) is 15.1. The van der Waals surface area contributed by atoms with Crippen molar-refractivity contribution in [3.05, 3.63) is 35.9 Å². The third kappa shape index (κ3) is 3.95. The summed E-state index contributed by atoms with van der Waals surface area (Å²) in [7, 11) is 3.92. The summed E-state index contributed by atoms with van der Waals surface area (Å²) < 4.78 is 0. The first-order valence-electron chi connectivity index (χ1n) is 5.42. The molecule has 0 saturated carbocycles. The van der Waals surface area contributed by atoms with Gasteiger partial charge in [-0.15, -0.1) is 12.4 Å². The lowest BCUT2D eigenvalue weighted by Crippen LogP contribution is -2.35. The summed E-state index contributed by atoms with van der Waals surface area (Å²) in [6, 6.07) is 9.53. The standard InChI is InChI=1S/C13H19NO.ClH/c1-4-8-12(14(2)3)13(15)11-9-6-5-7-10-11;/h5-7,9-10,12H,4,8H2,1-3H3;1H. The number of ketones is 1. The van der Waals surface area contributed by atoms with Gasteiger partial charge in [-0.1, -0.05) is 43.7 Å². The van der Waals surface area contributed by atoms with Crippen molar-refractivity contribution >= 4 is 18.2 Å². The molecule has 0 radical (unpaired) electrons. The summed E-state index contributed by atoms with van der Waals surface area (Å²) in [5, 5.41) is 0. The Morgan fingerprint density at radius 2 is 1.81 bits per heavy atom. The lowest BCUT2D eigenvalue weighted by atomic mass is 10.00. The van der Waals surface area contributed by atoms with Crippen molar-refractivity contribution < 1.29 is 4.79 Å². The topological polar surface area (TPSA) is 20.3 Å². The number of benzene rings is 1. The van der Waals surface area contributed by atoms with Gasteiger partial charge >= 0.3 is 0 Å². The van der Waals surface area contributed by atoms with Crippen LogP contribution in [0.15, 0.2) is 30.3 Å². The van der Waals surface area contributed by atoms with E-state index < -0.39 is 0 Å². The van der Waals surface area contributed by atoms with E-state index in [1.807, 2.05) is 49.3 Å². The summed E-state index contributed by atoms with van der Waals surface area (Å²) in [5.74, 6) is 0.224. The van der Waals surface area contributed by atoms with Crippen LogP contribution in [0.1, 0.15) is 30.1 Å². The Morgan fingerprint density at radius 3 is 2.25 bits per heavy atom. The maximum Gasteiger partial charge on any atom is 0.179 e. The Morgan fingerprint density at radius 1 is 1.25 bits per heavy atom. The van der Waals surface area contributed by atoms with E-state index in [0.717, 1.165) is 18.4 Å². The third-order valence-electron chi connectivity index (χ3n) is 2.55. The van der Waals surface area contributed by atoms with Crippen LogP contribution in [-0.4, -0.2) is 30.8 Å². The lowest BCUT2D eigenvalue weighted by molar-refractivity contribution is 0.0866. The van der Waals surface area contributed by atoms with E-state index in [-0.39, 0.29) is 24.2 Å². The quantitative estimate of drug-likeness (QED) is 0.739. The van der Waals surface area contributed by atoms with E-state index in [0.29, 0.717) is 0 Å². The Balaban J connectivity index is 0.00000225. The first-order valence-corrected chi connectivity index (χ1v) is 5.42. The normalized spacial score (nSPS) is 12.0. The van der Waals surface area contributed by atoms with Crippen LogP contribution in [0.4, 0.5) is 0 Å². The summed E-state index contributed by atoms with van der Waals surface area (Å²) >= 11 is 0. The van der Waals surface area contributed by atoms with E-state index in [2.05, 4.69) is 6.92 Å². The minimum atomic E-state index is 0. The molecule has 1 rings (SSSR count). The molecule has 0 N–H and O–H groups in total. The van der Waals surface area contributed by atoms with Crippen LogP contribution in [0, 0.1) is 0 Å². The van der Waals surface area contributed by atoms with Crippen LogP contribution in [-0.2, 0) is 0 Å². The Bertz CT molecular complexity index is 311. The van der Waals surface area contributed by atoms with Gasteiger partial charge in [-0.2, -0.15) is 0 Å². The van der Waals surface area contributed by atoms with E-state index in [4.69, 9.17) is 0 Å². The van der Waals surface area contributed by atoms with Gasteiger partial charge in [0, 0.05) is 5.56 Å². The molecule has 16 heavy (non-hydrogen) atoms. The number of nitrogens with zero attached hydrogens (tertiary/aromatic N) is 1. The van der Waals surface area contributed by atoms with Crippen molar-refractivity contribution in [2.75, 3.05) is 14.1 Å². The molecule has 1 atom stereocenters. The molecule has 0 aliphatic carbocycles. The largest absolute Gasteiger partial charge is 0.299 e. The number of likely N-dealkylation sites (N-methyl/N-ethyl adjacent to an activating group) is 1. The number of hydrogen-bond donors (Lipinski definition) is 0. The summed E-state index contributed by atoms with van der Waals surface area (Å²) in [5.41, 5.74) is 0.810. The van der Waals surface area contributed by atoms with Crippen LogP contribution in [0.2, 0.25) is 0 Å². The van der Waals surface area contributed by atoms with Gasteiger partial charge in [-0.3, -0.25) is 9.69 Å². The van der Waals surface area contributed by atoms with Crippen molar-refractivity contribution in [1.29, 1.82) is 0 Å². The van der Waals surface area contributed by atoms with Crippen molar-refractivity contribution in [3.8, 4) is 0 Å². The van der Waals surface area contributed by atoms with Gasteiger partial charge < -0.3 is 0 Å². The molecule has 0 heterocycles. The number of halogens is 1. The Kier molecular flexibility index (Phi) is 7.02. The second-order valence-corrected chi connectivity index (χ2v) is 4.00. The number of Topliss-reactive ketones (excluding diaryl/α,β-unsaturated/α-hetero) is 1. The van der Waals surface area contributed by atoms with Gasteiger partial charge in [0.05, 0.1) is 6.04 Å². The molecule has 1 aromatic carbocycles. The van der Waals surface area contributed by atoms with Crippen LogP contribution >= 0.6 is 12.4 Å². The molecule has 0 spiro atoms. The minimum Gasteiger partial charge on any atom is -0.299 e. The molecular formula is C13H20ClNO. The van der Waals surface area contributed by atoms with Gasteiger partial charge in [0.1, 0.15) is 0 Å². The van der Waals surface area contributed by atoms with E-state index in [9.17, 15) is 4.79 Å². The van der Waals surface area contributed by atoms with E-state index >= 15 is 0 Å². The van der Waals surface area contributed by atoms with Crippen molar-refractivity contribution in [1.82, 2.24) is 4.90 Å². The van der Waals surface area contributed by atoms with Crippen LogP contribution in [0.3, 0.4) is 0 Å². The molecule has 0 bridgehead atoms. The van der Waals surface area contributed by atoms with Gasteiger partial charge in [-0.05, 0) is 20.5 Å². The van der Waals surface area contributed by atoms with Crippen molar-refractivity contribution in [2.24, 2.45) is 0 Å². The summed E-state index contributed by atoms with van der Waals surface area (Å²) in [6.45, 7) is 2.11. The molecule has 0 amide bonds. The van der Waals surface area contributed by atoms with Gasteiger partial charge in [-0.25, -0.2) is 0 Å². The molecule has 0 aliphatic heterocycles. The average molecular weight is 242 g/mol. The molecule has 0 aliphatic rings. The predicted octanol–water partition coefficient (Wildman–Crippen LogP) is 3.02. The maximum absolute atomic E-state index is 12.1. The fourth-order valence-corrected chi connectivity index (χ4v) is 1.69. The van der Waals surface area contributed by atoms with Gasteiger partial charge in [0.15, 0.2) is 5.78 Å². The molecule has 0 saturated heterocycles. The highest BCUT2D eigenvalue weighted by Gasteiger charge is 2.20. The zero-order valence-electron chi connectivity index (χ0n) is 10.1. The van der Waals surface area contributed by atoms with Crippen molar-refractivity contribution in [3.63, 3.8) is 0 Å². The fraction of sp³-hybridized carbons (Fsp3) is 0.462. The Labute approximate surface area is 104 Å². The molecule has 0 fully saturated rings. The second kappa shape index (κ2) is 7.42. The first-order chi connectivity index (χ1) is 7.16. The average Bonchev–Trinajstić information content (AvgIpc) is 2.26. The highest BCUT2D eigenvalue weighted by Crippen LogP contribution is 2.11. The second-order valence-electron chi connectivity index (χ2n) is 4.00. The van der Waals surface area contributed by atoms with Crippen LogP contribution < -0.4 is 0 Å². The molecule has 3 heteroatoms. The van der Waals surface area contributed by atoms with E-state index in [1.54, 1.807) is 0 Å². The molecule has 90 valence electrons. The number of carbonyl (C=O) groups excluding carboxylic acids is 1. The van der Waals surface area contributed by atoms with Crippen LogP contribution in [0.25, 0.3) is 0 Å². The van der Waals surface area contributed by atoms with Crippen molar-refractivity contribution in [2.45, 2.75) is 25.8 Å². The monoisotopic (exact) mass is 241 g/mol. The highest BCUT2D eigenvalue weighted by atomic mass is 35.5. The SMILES string of the molecule is CCCC(C(=O)c1ccccc1)N(C)C.Cl. The number of carbonyl (C=O) groups is 1. The summed E-state index contributed by atoms with van der Waals surface area (Å²) in [6.07, 6.45) is 1.95. The predicted molar refractivity (Wildman–Crippen MR) is 70.4 cm³/mol.